The number of para-hydroxylation sites is 1. The van der Waals surface area contributed by atoms with Crippen LogP contribution < -0.4 is 14.4 Å². The molecule has 0 unspecified atom stereocenters. The Kier molecular flexibility index (Phi) is 6.97. The Bertz CT molecular complexity index is 1150. The second-order valence-corrected chi connectivity index (χ2v) is 9.31. The molecule has 0 aliphatic heterocycles. The van der Waals surface area contributed by atoms with Crippen LogP contribution in [0.3, 0.4) is 0 Å². The molecule has 0 radical (unpaired) electrons. The van der Waals surface area contributed by atoms with Gasteiger partial charge in [0.1, 0.15) is 12.4 Å². The van der Waals surface area contributed by atoms with E-state index in [4.69, 9.17) is 4.74 Å². The Morgan fingerprint density at radius 2 is 1.71 bits per heavy atom. The van der Waals surface area contributed by atoms with E-state index in [0.29, 0.717) is 12.3 Å². The molecule has 1 amide bonds. The van der Waals surface area contributed by atoms with E-state index in [1.165, 1.54) is 23.5 Å². The summed E-state index contributed by atoms with van der Waals surface area (Å²) < 4.78 is 33.0. The summed E-state index contributed by atoms with van der Waals surface area (Å²) in [7, 11) is -2.31. The predicted octanol–water partition coefficient (Wildman–Crippen LogP) is 4.02. The number of carbonyl (C=O) groups excluding carboxylic acids is 1. The second kappa shape index (κ2) is 9.66. The van der Waals surface area contributed by atoms with Crippen molar-refractivity contribution in [3.63, 3.8) is 0 Å². The van der Waals surface area contributed by atoms with Gasteiger partial charge in [0.05, 0.1) is 16.6 Å². The van der Waals surface area contributed by atoms with E-state index < -0.39 is 10.0 Å². The van der Waals surface area contributed by atoms with Gasteiger partial charge in [-0.3, -0.25) is 9.10 Å². The maximum Gasteiger partial charge on any atom is 0.264 e. The summed E-state index contributed by atoms with van der Waals surface area (Å²) in [6.07, 6.45) is 0. The lowest BCUT2D eigenvalue weighted by molar-refractivity contribution is 0.0926. The quantitative estimate of drug-likeness (QED) is 0.576. The highest BCUT2D eigenvalue weighted by molar-refractivity contribution is 7.92. The van der Waals surface area contributed by atoms with Crippen LogP contribution in [0.15, 0.2) is 83.8 Å². The number of aryl methyl sites for hydroxylation is 1. The molecule has 1 N–H and O–H groups in total. The molecule has 0 saturated heterocycles. The van der Waals surface area contributed by atoms with Gasteiger partial charge in [0.25, 0.3) is 15.9 Å². The highest BCUT2D eigenvalue weighted by Gasteiger charge is 2.23. The molecule has 1 atom stereocenters. The number of hydrogen-bond acceptors (Lipinski definition) is 4. The van der Waals surface area contributed by atoms with E-state index >= 15 is 0 Å². The molecule has 3 aromatic rings. The normalized spacial score (nSPS) is 12.1. The van der Waals surface area contributed by atoms with Gasteiger partial charge in [-0.2, -0.15) is 0 Å². The van der Waals surface area contributed by atoms with Crippen LogP contribution in [0.1, 0.15) is 22.8 Å². The largest absolute Gasteiger partial charge is 0.491 e. The Hall–Kier alpha value is -3.32. The first kappa shape index (κ1) is 22.4. The number of ether oxygens (including phenoxy) is 1. The lowest BCUT2D eigenvalue weighted by Gasteiger charge is -2.20. The Morgan fingerprint density at radius 3 is 2.42 bits per heavy atom. The molecule has 0 saturated carbocycles. The lowest BCUT2D eigenvalue weighted by atomic mass is 10.2. The first-order valence-corrected chi connectivity index (χ1v) is 11.4. The molecule has 0 aliphatic carbocycles. The molecule has 162 valence electrons. The van der Waals surface area contributed by atoms with Crippen molar-refractivity contribution in [2.75, 3.05) is 18.0 Å². The van der Waals surface area contributed by atoms with Gasteiger partial charge in [-0.25, -0.2) is 8.42 Å². The van der Waals surface area contributed by atoms with Crippen molar-refractivity contribution in [3.8, 4) is 5.75 Å². The monoisotopic (exact) mass is 438 g/mol. The fraction of sp³-hybridized carbons (Fsp3) is 0.208. The van der Waals surface area contributed by atoms with Crippen LogP contribution in [0.4, 0.5) is 5.69 Å². The summed E-state index contributed by atoms with van der Waals surface area (Å²) in [5.74, 6) is 0.357. The maximum atomic E-state index is 13.1. The average molecular weight is 439 g/mol. The van der Waals surface area contributed by atoms with E-state index in [1.54, 1.807) is 30.3 Å². The molecule has 0 fully saturated rings. The molecule has 0 aromatic heterocycles. The van der Waals surface area contributed by atoms with Crippen LogP contribution in [-0.4, -0.2) is 34.0 Å². The third-order valence-electron chi connectivity index (χ3n) is 4.74. The number of nitrogens with zero attached hydrogens (tertiary/aromatic N) is 1. The van der Waals surface area contributed by atoms with Crippen molar-refractivity contribution in [1.29, 1.82) is 0 Å². The van der Waals surface area contributed by atoms with Gasteiger partial charge in [-0.15, -0.1) is 0 Å². The molecule has 0 aliphatic rings. The fourth-order valence-corrected chi connectivity index (χ4v) is 4.24. The molecular formula is C24H26N2O4S. The minimum absolute atomic E-state index is 0.0531. The first-order chi connectivity index (χ1) is 14.8. The molecule has 3 aromatic carbocycles. The highest BCUT2D eigenvalue weighted by atomic mass is 32.2. The van der Waals surface area contributed by atoms with Gasteiger partial charge in [-0.1, -0.05) is 36.4 Å². The summed E-state index contributed by atoms with van der Waals surface area (Å²) >= 11 is 0. The molecule has 0 spiro atoms. The van der Waals surface area contributed by atoms with Crippen LogP contribution in [-0.2, 0) is 10.0 Å². The smallest absolute Gasteiger partial charge is 0.264 e. The molecule has 31 heavy (non-hydrogen) atoms. The van der Waals surface area contributed by atoms with Crippen molar-refractivity contribution in [2.24, 2.45) is 0 Å². The molecule has 0 heterocycles. The lowest BCUT2D eigenvalue weighted by Crippen LogP contribution is -2.37. The number of sulfonamides is 1. The molecule has 0 bridgehead atoms. The third kappa shape index (κ3) is 5.64. The predicted molar refractivity (Wildman–Crippen MR) is 122 cm³/mol. The van der Waals surface area contributed by atoms with Gasteiger partial charge in [0.15, 0.2) is 0 Å². The molecule has 7 heteroatoms. The fourth-order valence-electron chi connectivity index (χ4n) is 3.01. The number of benzene rings is 3. The summed E-state index contributed by atoms with van der Waals surface area (Å²) in [5, 5.41) is 2.84. The zero-order valence-electron chi connectivity index (χ0n) is 17.8. The van der Waals surface area contributed by atoms with Crippen LogP contribution >= 0.6 is 0 Å². The summed E-state index contributed by atoms with van der Waals surface area (Å²) in [6, 6.07) is 22.3. The zero-order valence-corrected chi connectivity index (χ0v) is 18.6. The Balaban J connectivity index is 1.70. The summed E-state index contributed by atoms with van der Waals surface area (Å²) in [6.45, 7) is 4.02. The van der Waals surface area contributed by atoms with Crippen LogP contribution in [0.2, 0.25) is 0 Å². The standard InChI is InChI=1S/C24H26N2O4S/c1-18-9-7-11-21(15-18)26(3)31(28,29)23-14-8-10-20(16-23)24(27)25-19(2)17-30-22-12-5-4-6-13-22/h4-16,19H,17H2,1-3H3,(H,25,27)/t19-/m1/s1. The first-order valence-electron chi connectivity index (χ1n) is 9.92. The van der Waals surface area contributed by atoms with Gasteiger partial charge >= 0.3 is 0 Å². The van der Waals surface area contributed by atoms with Crippen LogP contribution in [0.5, 0.6) is 5.75 Å². The SMILES string of the molecule is Cc1cccc(N(C)S(=O)(=O)c2cccc(C(=O)N[C@H](C)COc3ccccc3)c2)c1. The minimum Gasteiger partial charge on any atom is -0.491 e. The van der Waals surface area contributed by atoms with Crippen molar-refractivity contribution < 1.29 is 17.9 Å². The molecular weight excluding hydrogens is 412 g/mol. The Morgan fingerprint density at radius 1 is 1.00 bits per heavy atom. The number of carbonyl (C=O) groups is 1. The van der Waals surface area contributed by atoms with Crippen LogP contribution in [0.25, 0.3) is 0 Å². The summed E-state index contributed by atoms with van der Waals surface area (Å²) in [5.41, 5.74) is 1.78. The van der Waals surface area contributed by atoms with Crippen molar-refractivity contribution in [1.82, 2.24) is 5.32 Å². The second-order valence-electron chi connectivity index (χ2n) is 7.34. The average Bonchev–Trinajstić information content (AvgIpc) is 2.78. The van der Waals surface area contributed by atoms with E-state index in [-0.39, 0.29) is 22.4 Å². The Labute approximate surface area is 183 Å². The molecule has 6 nitrogen and oxygen atoms in total. The van der Waals surface area contributed by atoms with E-state index in [1.807, 2.05) is 50.2 Å². The zero-order chi connectivity index (χ0) is 22.4. The topological polar surface area (TPSA) is 75.7 Å². The van der Waals surface area contributed by atoms with E-state index in [2.05, 4.69) is 5.32 Å². The van der Waals surface area contributed by atoms with E-state index in [9.17, 15) is 13.2 Å². The maximum absolute atomic E-state index is 13.1. The molecule has 3 rings (SSSR count). The third-order valence-corrected chi connectivity index (χ3v) is 6.52. The van der Waals surface area contributed by atoms with Gasteiger partial charge in [0.2, 0.25) is 0 Å². The number of hydrogen-bond donors (Lipinski definition) is 1. The number of rotatable bonds is 8. The van der Waals surface area contributed by atoms with Crippen molar-refractivity contribution in [3.05, 3.63) is 90.0 Å². The summed E-state index contributed by atoms with van der Waals surface area (Å²) in [4.78, 5) is 12.7. The van der Waals surface area contributed by atoms with E-state index in [0.717, 1.165) is 11.3 Å². The van der Waals surface area contributed by atoms with Crippen molar-refractivity contribution >= 4 is 21.6 Å². The van der Waals surface area contributed by atoms with Gasteiger partial charge < -0.3 is 10.1 Å². The highest BCUT2D eigenvalue weighted by Crippen LogP contribution is 2.23. The number of amides is 1. The van der Waals surface area contributed by atoms with Crippen LogP contribution in [0, 0.1) is 6.92 Å². The number of nitrogens with one attached hydrogen (secondary N) is 1. The van der Waals surface area contributed by atoms with Gasteiger partial charge in [-0.05, 0) is 61.9 Å². The van der Waals surface area contributed by atoms with Gasteiger partial charge in [0, 0.05) is 12.6 Å². The minimum atomic E-state index is -3.81. The number of anilines is 1. The van der Waals surface area contributed by atoms with Crippen molar-refractivity contribution in [2.45, 2.75) is 24.8 Å².